The largest absolute Gasteiger partial charge is 0.383 e. The number of rotatable bonds is 5. The number of nitrogens with one attached hydrogen (secondary N) is 2. The third-order valence-corrected chi connectivity index (χ3v) is 2.83. The Morgan fingerprint density at radius 1 is 1.35 bits per heavy atom. The lowest BCUT2D eigenvalue weighted by atomic mass is 10.2. The molecule has 2 rings (SSSR count). The van der Waals surface area contributed by atoms with E-state index in [0.29, 0.717) is 11.4 Å². The van der Waals surface area contributed by atoms with Gasteiger partial charge >= 0.3 is 0 Å². The molecule has 0 fully saturated rings. The first kappa shape index (κ1) is 14.0. The number of carbonyl (C=O) groups is 1. The van der Waals surface area contributed by atoms with Crippen molar-refractivity contribution in [1.82, 2.24) is 14.8 Å². The van der Waals surface area contributed by atoms with Crippen LogP contribution >= 0.6 is 0 Å². The number of anilines is 2. The quantitative estimate of drug-likeness (QED) is 0.878. The summed E-state index contributed by atoms with van der Waals surface area (Å²) in [6.07, 6.45) is 4.93. The second-order valence-electron chi connectivity index (χ2n) is 4.66. The Kier molecular flexibility index (Phi) is 4.34. The van der Waals surface area contributed by atoms with Gasteiger partial charge in [0.1, 0.15) is 5.82 Å². The van der Waals surface area contributed by atoms with Crippen LogP contribution in [0.15, 0.2) is 30.7 Å². The van der Waals surface area contributed by atoms with Crippen LogP contribution in [0.25, 0.3) is 0 Å². The van der Waals surface area contributed by atoms with Crippen LogP contribution in [-0.2, 0) is 0 Å². The van der Waals surface area contributed by atoms with E-state index in [9.17, 15) is 4.79 Å². The van der Waals surface area contributed by atoms with E-state index in [1.807, 2.05) is 20.8 Å². The average Bonchev–Trinajstić information content (AvgIpc) is 2.88. The molecular weight excluding hydrogens is 254 g/mol. The number of carbonyl (C=O) groups excluding carboxylic acids is 1. The molecule has 0 aromatic carbocycles. The number of pyridine rings is 1. The highest BCUT2D eigenvalue weighted by Gasteiger charge is 2.14. The minimum Gasteiger partial charge on any atom is -0.383 e. The highest BCUT2D eigenvalue weighted by molar-refractivity contribution is 6.07. The second-order valence-corrected chi connectivity index (χ2v) is 4.66. The van der Waals surface area contributed by atoms with Crippen LogP contribution in [0.2, 0.25) is 0 Å². The van der Waals surface area contributed by atoms with Gasteiger partial charge in [0.15, 0.2) is 0 Å². The monoisotopic (exact) mass is 273 g/mol. The summed E-state index contributed by atoms with van der Waals surface area (Å²) in [7, 11) is 0. The zero-order valence-electron chi connectivity index (χ0n) is 11.9. The number of aromatic nitrogens is 3. The Hall–Kier alpha value is -2.37. The predicted octanol–water partition coefficient (Wildman–Crippen LogP) is 2.54. The van der Waals surface area contributed by atoms with E-state index in [1.54, 1.807) is 35.4 Å². The van der Waals surface area contributed by atoms with Crippen molar-refractivity contribution in [1.29, 1.82) is 0 Å². The molecule has 6 nitrogen and oxygen atoms in total. The Labute approximate surface area is 118 Å². The molecule has 0 aliphatic carbocycles. The minimum atomic E-state index is -0.175. The third-order valence-electron chi connectivity index (χ3n) is 2.83. The van der Waals surface area contributed by atoms with Gasteiger partial charge in [0, 0.05) is 24.8 Å². The summed E-state index contributed by atoms with van der Waals surface area (Å²) < 4.78 is 1.77. The number of amides is 1. The molecule has 1 amide bonds. The smallest absolute Gasteiger partial charge is 0.259 e. The first-order valence-electron chi connectivity index (χ1n) is 6.66. The second kappa shape index (κ2) is 6.18. The Morgan fingerprint density at radius 2 is 2.15 bits per heavy atom. The summed E-state index contributed by atoms with van der Waals surface area (Å²) in [6, 6.07) is 3.67. The minimum absolute atomic E-state index is 0.175. The van der Waals surface area contributed by atoms with Gasteiger partial charge in [0.25, 0.3) is 5.91 Å². The van der Waals surface area contributed by atoms with Crippen LogP contribution in [0.5, 0.6) is 0 Å². The van der Waals surface area contributed by atoms with Crippen LogP contribution < -0.4 is 10.6 Å². The van der Waals surface area contributed by atoms with Crippen molar-refractivity contribution in [3.8, 4) is 0 Å². The summed E-state index contributed by atoms with van der Waals surface area (Å²) >= 11 is 0. The standard InChI is InChI=1S/C14H19N5O/c1-4-16-12-9-15-7-5-11(12)14(20)18-13-6-8-17-19(13)10(2)3/h5-10,16H,4H2,1-3H3,(H,18,20). The van der Waals surface area contributed by atoms with Crippen LogP contribution in [-0.4, -0.2) is 27.2 Å². The van der Waals surface area contributed by atoms with Crippen molar-refractivity contribution in [2.75, 3.05) is 17.2 Å². The van der Waals surface area contributed by atoms with E-state index in [2.05, 4.69) is 20.7 Å². The van der Waals surface area contributed by atoms with Crippen molar-refractivity contribution in [2.45, 2.75) is 26.8 Å². The van der Waals surface area contributed by atoms with Crippen LogP contribution in [0, 0.1) is 0 Å². The molecule has 2 N–H and O–H groups in total. The van der Waals surface area contributed by atoms with Crippen molar-refractivity contribution < 1.29 is 4.79 Å². The van der Waals surface area contributed by atoms with E-state index < -0.39 is 0 Å². The van der Waals surface area contributed by atoms with E-state index in [0.717, 1.165) is 12.2 Å². The van der Waals surface area contributed by atoms with Gasteiger partial charge in [-0.25, -0.2) is 4.68 Å². The SMILES string of the molecule is CCNc1cnccc1C(=O)Nc1ccnn1C(C)C. The molecule has 0 atom stereocenters. The van der Waals surface area contributed by atoms with Gasteiger partial charge in [0.05, 0.1) is 23.6 Å². The maximum atomic E-state index is 12.4. The average molecular weight is 273 g/mol. The van der Waals surface area contributed by atoms with E-state index >= 15 is 0 Å². The molecule has 2 aromatic heterocycles. The summed E-state index contributed by atoms with van der Waals surface area (Å²) in [5.41, 5.74) is 1.29. The highest BCUT2D eigenvalue weighted by atomic mass is 16.1. The van der Waals surface area contributed by atoms with Gasteiger partial charge in [-0.05, 0) is 26.8 Å². The van der Waals surface area contributed by atoms with Gasteiger partial charge in [-0.1, -0.05) is 0 Å². The molecular formula is C14H19N5O. The maximum Gasteiger partial charge on any atom is 0.259 e. The van der Waals surface area contributed by atoms with E-state index in [1.165, 1.54) is 0 Å². The van der Waals surface area contributed by atoms with E-state index in [-0.39, 0.29) is 11.9 Å². The van der Waals surface area contributed by atoms with Crippen molar-refractivity contribution in [2.24, 2.45) is 0 Å². The van der Waals surface area contributed by atoms with Gasteiger partial charge in [-0.2, -0.15) is 5.10 Å². The van der Waals surface area contributed by atoms with Crippen molar-refractivity contribution >= 4 is 17.4 Å². The molecule has 0 bridgehead atoms. The lowest BCUT2D eigenvalue weighted by molar-refractivity contribution is 0.102. The molecule has 6 heteroatoms. The van der Waals surface area contributed by atoms with Crippen LogP contribution in [0.3, 0.4) is 0 Å². The zero-order chi connectivity index (χ0) is 14.5. The Bertz CT molecular complexity index is 591. The van der Waals surface area contributed by atoms with Crippen LogP contribution in [0.4, 0.5) is 11.5 Å². The predicted molar refractivity (Wildman–Crippen MR) is 79.0 cm³/mol. The van der Waals surface area contributed by atoms with Gasteiger partial charge in [-0.15, -0.1) is 0 Å². The van der Waals surface area contributed by atoms with Crippen molar-refractivity contribution in [3.05, 3.63) is 36.3 Å². The molecule has 2 heterocycles. The fourth-order valence-electron chi connectivity index (χ4n) is 1.93. The van der Waals surface area contributed by atoms with Crippen molar-refractivity contribution in [3.63, 3.8) is 0 Å². The fraction of sp³-hybridized carbons (Fsp3) is 0.357. The van der Waals surface area contributed by atoms with Gasteiger partial charge < -0.3 is 10.6 Å². The Balaban J connectivity index is 2.22. The normalized spacial score (nSPS) is 10.6. The molecule has 0 spiro atoms. The fourth-order valence-corrected chi connectivity index (χ4v) is 1.93. The molecule has 0 saturated carbocycles. The summed E-state index contributed by atoms with van der Waals surface area (Å²) in [6.45, 7) is 6.73. The first-order valence-corrected chi connectivity index (χ1v) is 6.66. The molecule has 0 saturated heterocycles. The van der Waals surface area contributed by atoms with E-state index in [4.69, 9.17) is 0 Å². The molecule has 0 aliphatic rings. The van der Waals surface area contributed by atoms with Crippen LogP contribution in [0.1, 0.15) is 37.2 Å². The third kappa shape index (κ3) is 2.96. The number of hydrogen-bond donors (Lipinski definition) is 2. The first-order chi connectivity index (χ1) is 9.63. The topological polar surface area (TPSA) is 71.8 Å². The molecule has 20 heavy (non-hydrogen) atoms. The number of hydrogen-bond acceptors (Lipinski definition) is 4. The summed E-state index contributed by atoms with van der Waals surface area (Å²) in [4.78, 5) is 16.4. The van der Waals surface area contributed by atoms with Gasteiger partial charge in [0.2, 0.25) is 0 Å². The number of nitrogens with zero attached hydrogens (tertiary/aromatic N) is 3. The zero-order valence-corrected chi connectivity index (χ0v) is 11.9. The Morgan fingerprint density at radius 3 is 2.85 bits per heavy atom. The summed E-state index contributed by atoms with van der Waals surface area (Å²) in [5, 5.41) is 10.2. The maximum absolute atomic E-state index is 12.4. The molecule has 0 radical (unpaired) electrons. The lowest BCUT2D eigenvalue weighted by Gasteiger charge is -2.13. The summed E-state index contributed by atoms with van der Waals surface area (Å²) in [5.74, 6) is 0.509. The molecule has 2 aromatic rings. The molecule has 0 unspecified atom stereocenters. The lowest BCUT2D eigenvalue weighted by Crippen LogP contribution is -2.18. The molecule has 106 valence electrons. The highest BCUT2D eigenvalue weighted by Crippen LogP contribution is 2.17. The van der Waals surface area contributed by atoms with Gasteiger partial charge in [-0.3, -0.25) is 9.78 Å². The molecule has 0 aliphatic heterocycles.